The third-order valence-electron chi connectivity index (χ3n) is 2.78. The third-order valence-corrected chi connectivity index (χ3v) is 2.78. The lowest BCUT2D eigenvalue weighted by Gasteiger charge is -2.12. The highest BCUT2D eigenvalue weighted by molar-refractivity contribution is 5.89. The topological polar surface area (TPSA) is 70.2 Å². The van der Waals surface area contributed by atoms with E-state index in [-0.39, 0.29) is 6.03 Å². The summed E-state index contributed by atoms with van der Waals surface area (Å²) in [6.07, 6.45) is 0. The van der Waals surface area contributed by atoms with Gasteiger partial charge in [-0.3, -0.25) is 0 Å². The van der Waals surface area contributed by atoms with Crippen LogP contribution in [0.3, 0.4) is 0 Å². The van der Waals surface area contributed by atoms with Gasteiger partial charge in [0.1, 0.15) is 0 Å². The Labute approximate surface area is 124 Å². The van der Waals surface area contributed by atoms with Crippen LogP contribution in [0, 0.1) is 13.8 Å². The van der Waals surface area contributed by atoms with Crippen LogP contribution >= 0.6 is 0 Å². The fourth-order valence-electron chi connectivity index (χ4n) is 1.78. The van der Waals surface area contributed by atoms with Crippen molar-refractivity contribution in [2.45, 2.75) is 13.8 Å². The van der Waals surface area contributed by atoms with Gasteiger partial charge in [0.05, 0.1) is 0 Å². The molecule has 0 saturated heterocycles. The molecule has 6 nitrogen and oxygen atoms in total. The molecule has 110 valence electrons. The molecule has 0 saturated carbocycles. The van der Waals surface area contributed by atoms with Crippen LogP contribution in [0.5, 0.6) is 0 Å². The molecule has 0 bridgehead atoms. The SMILES string of the molecule is Cc1cc(C)nc(Nc2ccc(NC(=O)N(C)C)cc2)n1. The normalized spacial score (nSPS) is 10.1. The molecule has 21 heavy (non-hydrogen) atoms. The van der Waals surface area contributed by atoms with Gasteiger partial charge in [-0.25, -0.2) is 14.8 Å². The van der Waals surface area contributed by atoms with Crippen LogP contribution < -0.4 is 10.6 Å². The number of nitrogens with zero attached hydrogens (tertiary/aromatic N) is 3. The number of hydrogen-bond donors (Lipinski definition) is 2. The minimum atomic E-state index is -0.159. The van der Waals surface area contributed by atoms with Crippen molar-refractivity contribution in [3.63, 3.8) is 0 Å². The molecule has 2 rings (SSSR count). The highest BCUT2D eigenvalue weighted by atomic mass is 16.2. The van der Waals surface area contributed by atoms with E-state index in [4.69, 9.17) is 0 Å². The molecule has 0 aliphatic rings. The highest BCUT2D eigenvalue weighted by Crippen LogP contribution is 2.17. The standard InChI is InChI=1S/C15H19N5O/c1-10-9-11(2)17-14(16-10)18-12-5-7-13(8-6-12)19-15(21)20(3)4/h5-9H,1-4H3,(H,19,21)(H,16,17,18). The number of aromatic nitrogens is 2. The van der Waals surface area contributed by atoms with Crippen LogP contribution in [-0.4, -0.2) is 35.0 Å². The number of carbonyl (C=O) groups is 1. The maximum atomic E-state index is 11.5. The van der Waals surface area contributed by atoms with Crippen LogP contribution in [0.2, 0.25) is 0 Å². The van der Waals surface area contributed by atoms with E-state index in [0.717, 1.165) is 22.8 Å². The van der Waals surface area contributed by atoms with Crippen molar-refractivity contribution in [3.05, 3.63) is 41.7 Å². The smallest absolute Gasteiger partial charge is 0.321 e. The monoisotopic (exact) mass is 285 g/mol. The van der Waals surface area contributed by atoms with E-state index in [1.807, 2.05) is 44.2 Å². The number of aryl methyl sites for hydroxylation is 2. The lowest BCUT2D eigenvalue weighted by molar-refractivity contribution is 0.230. The summed E-state index contributed by atoms with van der Waals surface area (Å²) < 4.78 is 0. The van der Waals surface area contributed by atoms with Gasteiger partial charge in [-0.05, 0) is 44.2 Å². The Balaban J connectivity index is 2.07. The largest absolute Gasteiger partial charge is 0.331 e. The second kappa shape index (κ2) is 6.21. The summed E-state index contributed by atoms with van der Waals surface area (Å²) in [4.78, 5) is 21.7. The quantitative estimate of drug-likeness (QED) is 0.909. The van der Waals surface area contributed by atoms with E-state index >= 15 is 0 Å². The first-order valence-electron chi connectivity index (χ1n) is 6.62. The van der Waals surface area contributed by atoms with E-state index in [1.54, 1.807) is 14.1 Å². The number of rotatable bonds is 3. The third kappa shape index (κ3) is 4.17. The van der Waals surface area contributed by atoms with Crippen LogP contribution in [0.1, 0.15) is 11.4 Å². The number of amides is 2. The lowest BCUT2D eigenvalue weighted by atomic mass is 10.3. The van der Waals surface area contributed by atoms with Crippen LogP contribution in [0.4, 0.5) is 22.1 Å². The Morgan fingerprint density at radius 1 is 1.00 bits per heavy atom. The van der Waals surface area contributed by atoms with Gasteiger partial charge in [-0.15, -0.1) is 0 Å². The molecule has 0 aliphatic carbocycles. The molecule has 1 heterocycles. The van der Waals surface area contributed by atoms with Crippen LogP contribution in [0.25, 0.3) is 0 Å². The molecule has 0 aliphatic heterocycles. The van der Waals surface area contributed by atoms with E-state index in [2.05, 4.69) is 20.6 Å². The Morgan fingerprint density at radius 3 is 2.05 bits per heavy atom. The van der Waals surface area contributed by atoms with Crippen LogP contribution in [-0.2, 0) is 0 Å². The predicted octanol–water partition coefficient (Wildman–Crippen LogP) is 2.93. The number of carbonyl (C=O) groups excluding carboxylic acids is 1. The van der Waals surface area contributed by atoms with Crippen LogP contribution in [0.15, 0.2) is 30.3 Å². The molecule has 1 aromatic carbocycles. The zero-order valence-corrected chi connectivity index (χ0v) is 12.6. The van der Waals surface area contributed by atoms with Gasteiger partial charge >= 0.3 is 6.03 Å². The van der Waals surface area contributed by atoms with Crippen molar-refractivity contribution in [1.29, 1.82) is 0 Å². The molecule has 0 fully saturated rings. The Morgan fingerprint density at radius 2 is 1.52 bits per heavy atom. The fourth-order valence-corrected chi connectivity index (χ4v) is 1.78. The number of anilines is 3. The Bertz CT molecular complexity index is 617. The molecule has 1 aromatic heterocycles. The van der Waals surface area contributed by atoms with Gasteiger partial charge in [-0.2, -0.15) is 0 Å². The lowest BCUT2D eigenvalue weighted by Crippen LogP contribution is -2.27. The average molecular weight is 285 g/mol. The minimum absolute atomic E-state index is 0.159. The summed E-state index contributed by atoms with van der Waals surface area (Å²) >= 11 is 0. The van der Waals surface area contributed by atoms with Crippen molar-refractivity contribution in [3.8, 4) is 0 Å². The maximum Gasteiger partial charge on any atom is 0.321 e. The first kappa shape index (κ1) is 14.8. The Hall–Kier alpha value is -2.63. The molecule has 0 atom stereocenters. The molecule has 6 heteroatoms. The molecule has 2 aromatic rings. The summed E-state index contributed by atoms with van der Waals surface area (Å²) in [5.41, 5.74) is 3.43. The molecule has 2 amide bonds. The van der Waals surface area contributed by atoms with E-state index < -0.39 is 0 Å². The zero-order valence-electron chi connectivity index (χ0n) is 12.6. The number of hydrogen-bond acceptors (Lipinski definition) is 4. The molecule has 2 N–H and O–H groups in total. The first-order valence-corrected chi connectivity index (χ1v) is 6.62. The highest BCUT2D eigenvalue weighted by Gasteiger charge is 2.04. The summed E-state index contributed by atoms with van der Waals surface area (Å²) in [6, 6.07) is 9.15. The van der Waals surface area contributed by atoms with Crippen molar-refractivity contribution in [2.24, 2.45) is 0 Å². The zero-order chi connectivity index (χ0) is 15.4. The van der Waals surface area contributed by atoms with Crippen molar-refractivity contribution >= 4 is 23.4 Å². The van der Waals surface area contributed by atoms with E-state index in [1.165, 1.54) is 4.90 Å². The van der Waals surface area contributed by atoms with Gasteiger partial charge in [-0.1, -0.05) is 0 Å². The van der Waals surface area contributed by atoms with Gasteiger partial charge in [0.25, 0.3) is 0 Å². The van der Waals surface area contributed by atoms with Gasteiger partial charge in [0, 0.05) is 36.9 Å². The van der Waals surface area contributed by atoms with Gasteiger partial charge < -0.3 is 15.5 Å². The summed E-state index contributed by atoms with van der Waals surface area (Å²) in [7, 11) is 3.39. The fraction of sp³-hybridized carbons (Fsp3) is 0.267. The maximum absolute atomic E-state index is 11.5. The van der Waals surface area contributed by atoms with Gasteiger partial charge in [0.2, 0.25) is 5.95 Å². The number of benzene rings is 1. The molecular weight excluding hydrogens is 266 g/mol. The van der Waals surface area contributed by atoms with Gasteiger partial charge in [0.15, 0.2) is 0 Å². The summed E-state index contributed by atoms with van der Waals surface area (Å²) in [6.45, 7) is 3.86. The van der Waals surface area contributed by atoms with Crippen molar-refractivity contribution < 1.29 is 4.79 Å². The minimum Gasteiger partial charge on any atom is -0.331 e. The summed E-state index contributed by atoms with van der Waals surface area (Å²) in [5, 5.41) is 5.92. The second-order valence-electron chi connectivity index (χ2n) is 5.00. The molecule has 0 radical (unpaired) electrons. The van der Waals surface area contributed by atoms with E-state index in [9.17, 15) is 4.79 Å². The van der Waals surface area contributed by atoms with E-state index in [0.29, 0.717) is 5.95 Å². The molecule has 0 spiro atoms. The van der Waals surface area contributed by atoms with Crippen molar-refractivity contribution in [1.82, 2.24) is 14.9 Å². The number of urea groups is 1. The second-order valence-corrected chi connectivity index (χ2v) is 5.00. The predicted molar refractivity (Wildman–Crippen MR) is 83.9 cm³/mol. The molecular formula is C15H19N5O. The van der Waals surface area contributed by atoms with Crippen molar-refractivity contribution in [2.75, 3.05) is 24.7 Å². The average Bonchev–Trinajstić information content (AvgIpc) is 2.39. The summed E-state index contributed by atoms with van der Waals surface area (Å²) in [5.74, 6) is 0.567. The Kier molecular flexibility index (Phi) is 4.37. The number of nitrogens with one attached hydrogen (secondary N) is 2. The first-order chi connectivity index (χ1) is 9.94. The molecule has 0 unspecified atom stereocenters.